The van der Waals surface area contributed by atoms with E-state index in [2.05, 4.69) is 15.6 Å². The number of hydrogen-bond donors (Lipinski definition) is 4. The lowest BCUT2D eigenvalue weighted by atomic mass is 9.94. The average Bonchev–Trinajstić information content (AvgIpc) is 2.96. The molecule has 1 aliphatic rings. The maximum absolute atomic E-state index is 11.9. The Kier molecular flexibility index (Phi) is 5.22. The van der Waals surface area contributed by atoms with Crippen molar-refractivity contribution >= 4 is 38.8 Å². The van der Waals surface area contributed by atoms with Crippen molar-refractivity contribution in [2.45, 2.75) is 19.3 Å². The summed E-state index contributed by atoms with van der Waals surface area (Å²) < 4.78 is 0.806. The van der Waals surface area contributed by atoms with Gasteiger partial charge in [-0.15, -0.1) is 0 Å². The van der Waals surface area contributed by atoms with Gasteiger partial charge in [-0.1, -0.05) is 11.3 Å². The molecule has 8 nitrogen and oxygen atoms in total. The van der Waals surface area contributed by atoms with Gasteiger partial charge in [-0.2, -0.15) is 0 Å². The molecule has 0 spiro atoms. The number of aromatic hydroxyl groups is 1. The molecule has 1 aromatic carbocycles. The molecule has 4 N–H and O–H groups in total. The predicted molar refractivity (Wildman–Crippen MR) is 95.2 cm³/mol. The number of amides is 3. The number of nitrogens with zero attached hydrogens (tertiary/aromatic N) is 2. The number of likely N-dealkylation sites (tertiary alicyclic amines) is 1. The largest absolute Gasteiger partial charge is 0.508 e. The summed E-state index contributed by atoms with van der Waals surface area (Å²) in [6.45, 7) is 1.66. The standard InChI is InChI=1S/C16H20N4O4S/c21-11-1-2-12-13(9-11)25-15(18-12)19-14(22)17-6-3-10-4-7-20(8-5-10)16(23)24/h1-2,9-10,21H,3-8H2,(H,23,24)(H2,17,18,19,22). The smallest absolute Gasteiger partial charge is 0.407 e. The number of thiazole rings is 1. The van der Waals surface area contributed by atoms with Crippen LogP contribution in [0.3, 0.4) is 0 Å². The summed E-state index contributed by atoms with van der Waals surface area (Å²) in [4.78, 5) is 28.5. The molecule has 2 heterocycles. The number of piperidine rings is 1. The molecule has 2 aromatic rings. The summed E-state index contributed by atoms with van der Waals surface area (Å²) in [6, 6.07) is 4.56. The molecule has 0 radical (unpaired) electrons. The molecule has 0 atom stereocenters. The van der Waals surface area contributed by atoms with E-state index in [4.69, 9.17) is 5.11 Å². The molecule has 3 rings (SSSR count). The normalized spacial score (nSPS) is 15.3. The van der Waals surface area contributed by atoms with E-state index in [1.54, 1.807) is 18.2 Å². The summed E-state index contributed by atoms with van der Waals surface area (Å²) in [5, 5.41) is 24.4. The zero-order chi connectivity index (χ0) is 17.8. The second-order valence-corrected chi connectivity index (χ2v) is 7.08. The van der Waals surface area contributed by atoms with E-state index in [1.165, 1.54) is 16.2 Å². The third kappa shape index (κ3) is 4.50. The molecule has 25 heavy (non-hydrogen) atoms. The number of carboxylic acid groups (broad SMARTS) is 1. The fraction of sp³-hybridized carbons (Fsp3) is 0.438. The van der Waals surface area contributed by atoms with Gasteiger partial charge in [0.2, 0.25) is 0 Å². The quantitative estimate of drug-likeness (QED) is 0.666. The molecule has 134 valence electrons. The van der Waals surface area contributed by atoms with Crippen LogP contribution in [-0.2, 0) is 0 Å². The van der Waals surface area contributed by atoms with Crippen LogP contribution < -0.4 is 10.6 Å². The Labute approximate surface area is 148 Å². The van der Waals surface area contributed by atoms with Crippen LogP contribution in [-0.4, -0.2) is 51.9 Å². The first-order valence-corrected chi connectivity index (χ1v) is 8.95. The fourth-order valence-electron chi connectivity index (χ4n) is 2.91. The average molecular weight is 364 g/mol. The summed E-state index contributed by atoms with van der Waals surface area (Å²) in [5.74, 6) is 0.599. The van der Waals surface area contributed by atoms with E-state index in [-0.39, 0.29) is 11.8 Å². The van der Waals surface area contributed by atoms with Crippen LogP contribution in [0.15, 0.2) is 18.2 Å². The second-order valence-electron chi connectivity index (χ2n) is 6.05. The number of anilines is 1. The van der Waals surface area contributed by atoms with Gasteiger partial charge in [0, 0.05) is 19.6 Å². The van der Waals surface area contributed by atoms with Gasteiger partial charge in [0.05, 0.1) is 10.2 Å². The Balaban J connectivity index is 1.41. The molecule has 0 aliphatic carbocycles. The number of rotatable bonds is 4. The van der Waals surface area contributed by atoms with Crippen LogP contribution >= 0.6 is 11.3 Å². The third-order valence-electron chi connectivity index (χ3n) is 4.32. The number of nitrogens with one attached hydrogen (secondary N) is 2. The summed E-state index contributed by atoms with van der Waals surface area (Å²) in [7, 11) is 0. The Morgan fingerprint density at radius 3 is 2.80 bits per heavy atom. The third-order valence-corrected chi connectivity index (χ3v) is 5.25. The van der Waals surface area contributed by atoms with Crippen molar-refractivity contribution in [3.05, 3.63) is 18.2 Å². The number of aromatic nitrogens is 1. The molecule has 1 aliphatic heterocycles. The van der Waals surface area contributed by atoms with Gasteiger partial charge in [0.1, 0.15) is 5.75 Å². The second kappa shape index (κ2) is 7.56. The van der Waals surface area contributed by atoms with E-state index in [0.717, 1.165) is 29.5 Å². The molecular formula is C16H20N4O4S. The fourth-order valence-corrected chi connectivity index (χ4v) is 3.80. The van der Waals surface area contributed by atoms with Gasteiger partial charge in [-0.05, 0) is 43.4 Å². The minimum atomic E-state index is -0.861. The van der Waals surface area contributed by atoms with Crippen molar-refractivity contribution in [2.24, 2.45) is 5.92 Å². The first-order valence-electron chi connectivity index (χ1n) is 8.13. The SMILES string of the molecule is O=C(NCCC1CCN(C(=O)O)CC1)Nc1nc2ccc(O)cc2s1. The highest BCUT2D eigenvalue weighted by atomic mass is 32.1. The van der Waals surface area contributed by atoms with Crippen molar-refractivity contribution in [1.82, 2.24) is 15.2 Å². The number of urea groups is 1. The van der Waals surface area contributed by atoms with Gasteiger partial charge in [0.15, 0.2) is 5.13 Å². The van der Waals surface area contributed by atoms with E-state index in [9.17, 15) is 14.7 Å². The van der Waals surface area contributed by atoms with Crippen molar-refractivity contribution in [3.63, 3.8) is 0 Å². The highest BCUT2D eigenvalue weighted by Crippen LogP contribution is 2.28. The van der Waals surface area contributed by atoms with Crippen LogP contribution in [0.4, 0.5) is 14.7 Å². The Hall–Kier alpha value is -2.55. The molecule has 0 unspecified atom stereocenters. The number of carbonyl (C=O) groups excluding carboxylic acids is 1. The van der Waals surface area contributed by atoms with Gasteiger partial charge < -0.3 is 20.4 Å². The Bertz CT molecular complexity index is 771. The van der Waals surface area contributed by atoms with Crippen LogP contribution in [0.5, 0.6) is 5.75 Å². The first-order chi connectivity index (χ1) is 12.0. The minimum Gasteiger partial charge on any atom is -0.508 e. The zero-order valence-corrected chi connectivity index (χ0v) is 14.4. The monoisotopic (exact) mass is 364 g/mol. The molecular weight excluding hydrogens is 344 g/mol. The molecule has 0 saturated carbocycles. The topological polar surface area (TPSA) is 115 Å². The molecule has 3 amide bonds. The number of carbonyl (C=O) groups is 2. The van der Waals surface area contributed by atoms with Crippen molar-refractivity contribution < 1.29 is 19.8 Å². The molecule has 1 saturated heterocycles. The first kappa shape index (κ1) is 17.3. The lowest BCUT2D eigenvalue weighted by molar-refractivity contribution is 0.123. The van der Waals surface area contributed by atoms with Crippen molar-refractivity contribution in [1.29, 1.82) is 0 Å². The van der Waals surface area contributed by atoms with Gasteiger partial charge >= 0.3 is 12.1 Å². The molecule has 1 fully saturated rings. The molecule has 9 heteroatoms. The minimum absolute atomic E-state index is 0.168. The lowest BCUT2D eigenvalue weighted by Crippen LogP contribution is -2.38. The van der Waals surface area contributed by atoms with E-state index < -0.39 is 6.09 Å². The highest BCUT2D eigenvalue weighted by Gasteiger charge is 2.22. The maximum atomic E-state index is 11.9. The number of phenols is 1. The summed E-state index contributed by atoms with van der Waals surface area (Å²) in [6.07, 6.45) is 1.63. The van der Waals surface area contributed by atoms with E-state index in [1.807, 2.05) is 0 Å². The van der Waals surface area contributed by atoms with Gasteiger partial charge in [0.25, 0.3) is 0 Å². The Morgan fingerprint density at radius 1 is 1.32 bits per heavy atom. The Morgan fingerprint density at radius 2 is 2.08 bits per heavy atom. The van der Waals surface area contributed by atoms with E-state index >= 15 is 0 Å². The molecule has 1 aromatic heterocycles. The number of phenolic OH excluding ortho intramolecular Hbond substituents is 1. The van der Waals surface area contributed by atoms with Gasteiger partial charge in [-0.3, -0.25) is 5.32 Å². The summed E-state index contributed by atoms with van der Waals surface area (Å²) >= 11 is 1.30. The van der Waals surface area contributed by atoms with Crippen LogP contribution in [0.25, 0.3) is 10.2 Å². The van der Waals surface area contributed by atoms with E-state index in [0.29, 0.717) is 30.7 Å². The lowest BCUT2D eigenvalue weighted by Gasteiger charge is -2.29. The van der Waals surface area contributed by atoms with Crippen LogP contribution in [0.2, 0.25) is 0 Å². The number of fused-ring (bicyclic) bond motifs is 1. The van der Waals surface area contributed by atoms with Crippen molar-refractivity contribution in [2.75, 3.05) is 25.0 Å². The van der Waals surface area contributed by atoms with Crippen LogP contribution in [0.1, 0.15) is 19.3 Å². The maximum Gasteiger partial charge on any atom is 0.407 e. The predicted octanol–water partition coefficient (Wildman–Crippen LogP) is 2.90. The number of benzene rings is 1. The van der Waals surface area contributed by atoms with Crippen molar-refractivity contribution in [3.8, 4) is 5.75 Å². The highest BCUT2D eigenvalue weighted by molar-refractivity contribution is 7.22. The summed E-state index contributed by atoms with van der Waals surface area (Å²) in [5.41, 5.74) is 0.725. The molecule has 0 bridgehead atoms. The number of hydrogen-bond acceptors (Lipinski definition) is 5. The zero-order valence-electron chi connectivity index (χ0n) is 13.6. The van der Waals surface area contributed by atoms with Gasteiger partial charge in [-0.25, -0.2) is 14.6 Å². The van der Waals surface area contributed by atoms with Crippen LogP contribution in [0, 0.1) is 5.92 Å².